The van der Waals surface area contributed by atoms with Crippen LogP contribution in [0.1, 0.15) is 24.0 Å². The van der Waals surface area contributed by atoms with Gasteiger partial charge in [-0.3, -0.25) is 0 Å². The van der Waals surface area contributed by atoms with Crippen LogP contribution < -0.4 is 0 Å². The average molecular weight is 299 g/mol. The van der Waals surface area contributed by atoms with E-state index >= 15 is 0 Å². The largest absolute Gasteiger partial charge is 0.0752 e. The molecule has 0 radical (unpaired) electrons. The summed E-state index contributed by atoms with van der Waals surface area (Å²) in [4.78, 5) is 0. The first-order valence-corrected chi connectivity index (χ1v) is 7.11. The molecule has 0 unspecified atom stereocenters. The molecular formula is C17H15Br. The normalized spacial score (nSPS) is 15.4. The number of hydrogen-bond acceptors (Lipinski definition) is 0. The summed E-state index contributed by atoms with van der Waals surface area (Å²) in [5.74, 6) is 0. The smallest absolute Gasteiger partial charge is 0.0210 e. The van der Waals surface area contributed by atoms with E-state index in [1.807, 2.05) is 0 Å². The summed E-state index contributed by atoms with van der Waals surface area (Å²) in [6, 6.07) is 13.1. The minimum absolute atomic E-state index is 1.13. The van der Waals surface area contributed by atoms with Gasteiger partial charge in [-0.1, -0.05) is 64.5 Å². The molecule has 1 aliphatic carbocycles. The highest BCUT2D eigenvalue weighted by molar-refractivity contribution is 9.12. The number of hydrogen-bond donors (Lipinski definition) is 0. The van der Waals surface area contributed by atoms with Gasteiger partial charge in [0, 0.05) is 4.48 Å². The van der Waals surface area contributed by atoms with E-state index in [0.29, 0.717) is 0 Å². The van der Waals surface area contributed by atoms with Crippen LogP contribution in [0.15, 0.2) is 53.0 Å². The van der Waals surface area contributed by atoms with Crippen molar-refractivity contribution >= 4 is 32.3 Å². The predicted molar refractivity (Wildman–Crippen MR) is 82.9 cm³/mol. The number of halogens is 1. The molecule has 0 spiro atoms. The standard InChI is InChI=1S/C17H15Br/c1-12-10-11-15(14-7-3-2-6-13(12)14)16-8-4-5-9-17(16)18/h2-3,6-11H,4-5H2,1H3. The third kappa shape index (κ3) is 1.93. The van der Waals surface area contributed by atoms with Crippen LogP contribution in [0, 0.1) is 6.92 Å². The Morgan fingerprint density at radius 3 is 2.39 bits per heavy atom. The Bertz CT molecular complexity index is 662. The molecule has 0 aliphatic heterocycles. The molecule has 0 bridgehead atoms. The third-order valence-corrected chi connectivity index (χ3v) is 4.28. The van der Waals surface area contributed by atoms with E-state index in [1.54, 1.807) is 0 Å². The zero-order chi connectivity index (χ0) is 12.5. The van der Waals surface area contributed by atoms with Crippen molar-refractivity contribution in [2.24, 2.45) is 0 Å². The van der Waals surface area contributed by atoms with Gasteiger partial charge < -0.3 is 0 Å². The van der Waals surface area contributed by atoms with Crippen molar-refractivity contribution in [3.63, 3.8) is 0 Å². The Kier molecular flexibility index (Phi) is 3.09. The van der Waals surface area contributed by atoms with Gasteiger partial charge in [0.2, 0.25) is 0 Å². The molecule has 0 aromatic heterocycles. The monoisotopic (exact) mass is 298 g/mol. The molecule has 0 saturated carbocycles. The van der Waals surface area contributed by atoms with Gasteiger partial charge in [0.25, 0.3) is 0 Å². The maximum absolute atomic E-state index is 3.69. The Balaban J connectivity index is 2.28. The van der Waals surface area contributed by atoms with Gasteiger partial charge in [-0.2, -0.15) is 0 Å². The highest BCUT2D eigenvalue weighted by atomic mass is 79.9. The quantitative estimate of drug-likeness (QED) is 0.642. The van der Waals surface area contributed by atoms with Crippen molar-refractivity contribution in [3.05, 3.63) is 64.2 Å². The van der Waals surface area contributed by atoms with Gasteiger partial charge in [0.05, 0.1) is 0 Å². The molecule has 0 heterocycles. The Hall–Kier alpha value is -1.34. The minimum Gasteiger partial charge on any atom is -0.0752 e. The van der Waals surface area contributed by atoms with Crippen LogP contribution >= 0.6 is 15.9 Å². The molecule has 0 N–H and O–H groups in total. The van der Waals surface area contributed by atoms with Crippen LogP contribution in [0.4, 0.5) is 0 Å². The second-order valence-electron chi connectivity index (χ2n) is 4.72. The number of aryl methyl sites for hydroxylation is 1. The fraction of sp³-hybridized carbons (Fsp3) is 0.176. The molecule has 0 amide bonds. The molecule has 0 nitrogen and oxygen atoms in total. The molecule has 0 fully saturated rings. The molecule has 0 atom stereocenters. The van der Waals surface area contributed by atoms with Gasteiger partial charge in [-0.15, -0.1) is 0 Å². The lowest BCUT2D eigenvalue weighted by atomic mass is 9.93. The highest BCUT2D eigenvalue weighted by Gasteiger charge is 2.12. The lowest BCUT2D eigenvalue weighted by Gasteiger charge is -2.15. The van der Waals surface area contributed by atoms with E-state index < -0.39 is 0 Å². The predicted octanol–water partition coefficient (Wildman–Crippen LogP) is 5.60. The summed E-state index contributed by atoms with van der Waals surface area (Å²) in [5.41, 5.74) is 4.00. The summed E-state index contributed by atoms with van der Waals surface area (Å²) in [5, 5.41) is 2.69. The van der Waals surface area contributed by atoms with E-state index in [9.17, 15) is 0 Å². The Morgan fingerprint density at radius 2 is 1.61 bits per heavy atom. The lowest BCUT2D eigenvalue weighted by Crippen LogP contribution is -1.92. The Morgan fingerprint density at radius 1 is 0.889 bits per heavy atom. The maximum atomic E-state index is 3.69. The summed E-state index contributed by atoms with van der Waals surface area (Å²) >= 11 is 3.69. The van der Waals surface area contributed by atoms with Gasteiger partial charge in [0.15, 0.2) is 0 Å². The van der Waals surface area contributed by atoms with Crippen LogP contribution in [0.2, 0.25) is 0 Å². The van der Waals surface area contributed by atoms with Gasteiger partial charge in [0.1, 0.15) is 0 Å². The van der Waals surface area contributed by atoms with Crippen molar-refractivity contribution in [3.8, 4) is 0 Å². The van der Waals surface area contributed by atoms with Crippen molar-refractivity contribution in [1.29, 1.82) is 0 Å². The van der Waals surface area contributed by atoms with Crippen LogP contribution in [0.3, 0.4) is 0 Å². The van der Waals surface area contributed by atoms with Crippen molar-refractivity contribution in [2.75, 3.05) is 0 Å². The number of benzene rings is 2. The van der Waals surface area contributed by atoms with Gasteiger partial charge in [-0.25, -0.2) is 0 Å². The van der Waals surface area contributed by atoms with Crippen LogP contribution in [-0.4, -0.2) is 0 Å². The molecule has 90 valence electrons. The molecular weight excluding hydrogens is 284 g/mol. The first-order valence-electron chi connectivity index (χ1n) is 6.32. The fourth-order valence-corrected chi connectivity index (χ4v) is 3.17. The summed E-state index contributed by atoms with van der Waals surface area (Å²) in [6.45, 7) is 2.17. The van der Waals surface area contributed by atoms with Crippen LogP contribution in [-0.2, 0) is 0 Å². The maximum Gasteiger partial charge on any atom is 0.0210 e. The summed E-state index contributed by atoms with van der Waals surface area (Å²) in [7, 11) is 0. The summed E-state index contributed by atoms with van der Waals surface area (Å²) in [6.07, 6.45) is 6.87. The van der Waals surface area contributed by atoms with E-state index in [2.05, 4.69) is 71.4 Å². The number of fused-ring (bicyclic) bond motifs is 1. The third-order valence-electron chi connectivity index (χ3n) is 3.53. The second-order valence-corrected chi connectivity index (χ2v) is 5.58. The first-order chi connectivity index (χ1) is 8.77. The molecule has 18 heavy (non-hydrogen) atoms. The highest BCUT2D eigenvalue weighted by Crippen LogP contribution is 2.36. The van der Waals surface area contributed by atoms with Crippen molar-refractivity contribution in [1.82, 2.24) is 0 Å². The SMILES string of the molecule is Cc1ccc(C2=CCCC=C2Br)c2ccccc12. The molecule has 1 heteroatoms. The topological polar surface area (TPSA) is 0 Å². The van der Waals surface area contributed by atoms with E-state index in [-0.39, 0.29) is 0 Å². The van der Waals surface area contributed by atoms with Crippen molar-refractivity contribution < 1.29 is 0 Å². The zero-order valence-electron chi connectivity index (χ0n) is 10.4. The van der Waals surface area contributed by atoms with Crippen LogP contribution in [0.25, 0.3) is 16.3 Å². The number of allylic oxidation sites excluding steroid dienone is 4. The second kappa shape index (κ2) is 4.74. The lowest BCUT2D eigenvalue weighted by molar-refractivity contribution is 1.04. The van der Waals surface area contributed by atoms with E-state index in [4.69, 9.17) is 0 Å². The van der Waals surface area contributed by atoms with Crippen LogP contribution in [0.5, 0.6) is 0 Å². The first kappa shape index (κ1) is 11.7. The minimum atomic E-state index is 1.13. The zero-order valence-corrected chi connectivity index (χ0v) is 12.0. The molecule has 2 aromatic rings. The number of rotatable bonds is 1. The molecule has 0 saturated heterocycles. The fourth-order valence-electron chi connectivity index (χ4n) is 2.57. The average Bonchev–Trinajstić information content (AvgIpc) is 2.41. The van der Waals surface area contributed by atoms with Gasteiger partial charge in [-0.05, 0) is 47.2 Å². The van der Waals surface area contributed by atoms with Gasteiger partial charge >= 0.3 is 0 Å². The van der Waals surface area contributed by atoms with Crippen molar-refractivity contribution in [2.45, 2.75) is 19.8 Å². The molecule has 2 aromatic carbocycles. The van der Waals surface area contributed by atoms with E-state index in [1.165, 1.54) is 32.0 Å². The van der Waals surface area contributed by atoms with E-state index in [0.717, 1.165) is 12.8 Å². The summed E-state index contributed by atoms with van der Waals surface area (Å²) < 4.78 is 1.22. The molecule has 1 aliphatic rings. The molecule has 3 rings (SSSR count). The Labute approximate surface area is 116 Å².